The zero-order valence-corrected chi connectivity index (χ0v) is 19.1. The van der Waals surface area contributed by atoms with Crippen LogP contribution in [0.2, 0.25) is 0 Å². The summed E-state index contributed by atoms with van der Waals surface area (Å²) >= 11 is 0. The maximum atomic E-state index is 14.0. The molecule has 34 heavy (non-hydrogen) atoms. The summed E-state index contributed by atoms with van der Waals surface area (Å²) in [6.07, 6.45) is 2.66. The van der Waals surface area contributed by atoms with Crippen molar-refractivity contribution in [2.45, 2.75) is 39.5 Å². The third-order valence-electron chi connectivity index (χ3n) is 6.33. The van der Waals surface area contributed by atoms with E-state index in [0.29, 0.717) is 37.3 Å². The van der Waals surface area contributed by atoms with E-state index in [1.165, 1.54) is 12.1 Å². The average molecular weight is 459 g/mol. The van der Waals surface area contributed by atoms with Gasteiger partial charge in [-0.15, -0.1) is 0 Å². The van der Waals surface area contributed by atoms with E-state index in [0.717, 1.165) is 35.5 Å². The topological polar surface area (TPSA) is 63.3 Å². The van der Waals surface area contributed by atoms with E-state index in [2.05, 4.69) is 10.00 Å². The molecule has 0 radical (unpaired) electrons. The van der Waals surface area contributed by atoms with Crippen molar-refractivity contribution in [1.82, 2.24) is 19.2 Å². The standard InChI is InChI=1S/C27H27FN4O2/c1-19-8-11-31(29-19)12-13-32-26-9-10-30(17-20-4-2-7-24(33)14-20)18-22(26)16-25(27(32)34)21-5-3-6-23(28)15-21/h2-8,11,14-16,33H,9-10,12-13,17-18H2,1H3. The molecular weight excluding hydrogens is 431 g/mol. The van der Waals surface area contributed by atoms with Crippen molar-refractivity contribution in [3.8, 4) is 16.9 Å². The lowest BCUT2D eigenvalue weighted by Gasteiger charge is -2.31. The van der Waals surface area contributed by atoms with E-state index >= 15 is 0 Å². The molecule has 0 amide bonds. The van der Waals surface area contributed by atoms with Gasteiger partial charge in [-0.25, -0.2) is 4.39 Å². The number of nitrogens with zero attached hydrogens (tertiary/aromatic N) is 4. The smallest absolute Gasteiger partial charge is 0.258 e. The van der Waals surface area contributed by atoms with Gasteiger partial charge in [-0.05, 0) is 60.0 Å². The number of fused-ring (bicyclic) bond motifs is 1. The summed E-state index contributed by atoms with van der Waals surface area (Å²) in [5.41, 5.74) is 5.06. The second-order valence-corrected chi connectivity index (χ2v) is 8.85. The maximum absolute atomic E-state index is 14.0. The quantitative estimate of drug-likeness (QED) is 0.472. The Morgan fingerprint density at radius 1 is 1.06 bits per heavy atom. The molecule has 0 bridgehead atoms. The average Bonchev–Trinajstić information content (AvgIpc) is 3.23. The van der Waals surface area contributed by atoms with Crippen LogP contribution < -0.4 is 5.56 Å². The maximum Gasteiger partial charge on any atom is 0.258 e. The zero-order chi connectivity index (χ0) is 23.7. The monoisotopic (exact) mass is 458 g/mol. The number of phenolic OH excluding ortho intramolecular Hbond substituents is 1. The van der Waals surface area contributed by atoms with Crippen molar-refractivity contribution in [2.24, 2.45) is 0 Å². The first kappa shape index (κ1) is 22.1. The number of hydrogen-bond acceptors (Lipinski definition) is 4. The van der Waals surface area contributed by atoms with Crippen molar-refractivity contribution in [3.05, 3.63) is 106 Å². The fraction of sp³-hybridized carbons (Fsp3) is 0.259. The molecular formula is C27H27FN4O2. The summed E-state index contributed by atoms with van der Waals surface area (Å²) in [5.74, 6) is -0.107. The van der Waals surface area contributed by atoms with E-state index in [9.17, 15) is 14.3 Å². The summed E-state index contributed by atoms with van der Waals surface area (Å²) in [5, 5.41) is 14.3. The van der Waals surface area contributed by atoms with Gasteiger partial charge in [-0.1, -0.05) is 24.3 Å². The number of rotatable bonds is 6. The fourth-order valence-electron chi connectivity index (χ4n) is 4.71. The minimum atomic E-state index is -0.362. The molecule has 0 saturated carbocycles. The van der Waals surface area contributed by atoms with Gasteiger partial charge >= 0.3 is 0 Å². The zero-order valence-electron chi connectivity index (χ0n) is 19.1. The lowest BCUT2D eigenvalue weighted by Crippen LogP contribution is -2.36. The molecule has 0 fully saturated rings. The highest BCUT2D eigenvalue weighted by Gasteiger charge is 2.23. The van der Waals surface area contributed by atoms with Gasteiger partial charge in [-0.3, -0.25) is 14.4 Å². The SMILES string of the molecule is Cc1ccn(CCn2c3c(cc(-c4cccc(F)c4)c2=O)CN(Cc2cccc(O)c2)CC3)n1. The van der Waals surface area contributed by atoms with Gasteiger partial charge in [0.1, 0.15) is 11.6 Å². The van der Waals surface area contributed by atoms with Gasteiger partial charge < -0.3 is 9.67 Å². The van der Waals surface area contributed by atoms with Gasteiger partial charge in [0.05, 0.1) is 12.2 Å². The highest BCUT2D eigenvalue weighted by Crippen LogP contribution is 2.26. The van der Waals surface area contributed by atoms with Crippen molar-refractivity contribution in [3.63, 3.8) is 0 Å². The highest BCUT2D eigenvalue weighted by molar-refractivity contribution is 5.64. The first-order valence-corrected chi connectivity index (χ1v) is 11.5. The third kappa shape index (κ3) is 4.65. The summed E-state index contributed by atoms with van der Waals surface area (Å²) < 4.78 is 17.7. The van der Waals surface area contributed by atoms with Gasteiger partial charge in [0.25, 0.3) is 5.56 Å². The van der Waals surface area contributed by atoms with Crippen LogP contribution >= 0.6 is 0 Å². The predicted molar refractivity (Wildman–Crippen MR) is 129 cm³/mol. The molecule has 6 nitrogen and oxygen atoms in total. The molecule has 7 heteroatoms. The summed E-state index contributed by atoms with van der Waals surface area (Å²) in [7, 11) is 0. The Kier molecular flexibility index (Phi) is 6.02. The van der Waals surface area contributed by atoms with Gasteiger partial charge in [0.15, 0.2) is 0 Å². The van der Waals surface area contributed by atoms with E-state index < -0.39 is 0 Å². The minimum Gasteiger partial charge on any atom is -0.508 e. The number of phenols is 1. The first-order valence-electron chi connectivity index (χ1n) is 11.5. The van der Waals surface area contributed by atoms with E-state index in [-0.39, 0.29) is 17.1 Å². The summed E-state index contributed by atoms with van der Waals surface area (Å²) in [4.78, 5) is 15.9. The normalized spacial score (nSPS) is 13.7. The molecule has 3 heterocycles. The van der Waals surface area contributed by atoms with Crippen molar-refractivity contribution in [1.29, 1.82) is 0 Å². The Morgan fingerprint density at radius 2 is 1.91 bits per heavy atom. The lowest BCUT2D eigenvalue weighted by atomic mass is 9.98. The molecule has 0 unspecified atom stereocenters. The van der Waals surface area contributed by atoms with Crippen molar-refractivity contribution >= 4 is 0 Å². The Hall–Kier alpha value is -3.71. The van der Waals surface area contributed by atoms with Gasteiger partial charge in [0, 0.05) is 50.1 Å². The second-order valence-electron chi connectivity index (χ2n) is 8.85. The highest BCUT2D eigenvalue weighted by atomic mass is 19.1. The minimum absolute atomic E-state index is 0.102. The number of aromatic hydroxyl groups is 1. The van der Waals surface area contributed by atoms with Crippen LogP contribution in [0.3, 0.4) is 0 Å². The number of hydrogen-bond donors (Lipinski definition) is 1. The van der Waals surface area contributed by atoms with Crippen LogP contribution in [-0.4, -0.2) is 30.9 Å². The Morgan fingerprint density at radius 3 is 2.68 bits per heavy atom. The van der Waals surface area contributed by atoms with Crippen LogP contribution in [0.15, 0.2) is 71.7 Å². The largest absolute Gasteiger partial charge is 0.508 e. The number of halogens is 1. The first-order chi connectivity index (χ1) is 16.5. The molecule has 2 aromatic carbocycles. The van der Waals surface area contributed by atoms with Gasteiger partial charge in [0.2, 0.25) is 0 Å². The van der Waals surface area contributed by atoms with E-state index in [4.69, 9.17) is 0 Å². The number of pyridine rings is 1. The number of aryl methyl sites for hydroxylation is 2. The molecule has 1 aliphatic heterocycles. The molecule has 5 rings (SSSR count). The molecule has 1 aliphatic rings. The summed E-state index contributed by atoms with van der Waals surface area (Å²) in [6, 6.07) is 17.4. The van der Waals surface area contributed by atoms with E-state index in [1.807, 2.05) is 46.6 Å². The van der Waals surface area contributed by atoms with Crippen molar-refractivity contribution in [2.75, 3.05) is 6.54 Å². The van der Waals surface area contributed by atoms with Crippen LogP contribution in [-0.2, 0) is 32.6 Å². The molecule has 0 spiro atoms. The number of aromatic nitrogens is 3. The predicted octanol–water partition coefficient (Wildman–Crippen LogP) is 4.12. The van der Waals surface area contributed by atoms with Crippen LogP contribution in [0.25, 0.3) is 11.1 Å². The molecule has 174 valence electrons. The van der Waals surface area contributed by atoms with E-state index in [1.54, 1.807) is 24.3 Å². The molecule has 0 aliphatic carbocycles. The number of benzene rings is 2. The van der Waals surface area contributed by atoms with Gasteiger partial charge in [-0.2, -0.15) is 5.10 Å². The Bertz CT molecular complexity index is 1390. The van der Waals surface area contributed by atoms with Crippen molar-refractivity contribution < 1.29 is 9.50 Å². The fourth-order valence-corrected chi connectivity index (χ4v) is 4.71. The molecule has 2 aromatic heterocycles. The molecule has 4 aromatic rings. The van der Waals surface area contributed by atoms with Crippen LogP contribution in [0, 0.1) is 12.7 Å². The van der Waals surface area contributed by atoms with Crippen LogP contribution in [0.1, 0.15) is 22.5 Å². The van der Waals surface area contributed by atoms with Crippen LogP contribution in [0.4, 0.5) is 4.39 Å². The third-order valence-corrected chi connectivity index (χ3v) is 6.33. The lowest BCUT2D eigenvalue weighted by molar-refractivity contribution is 0.239. The van der Waals surface area contributed by atoms with Crippen LogP contribution in [0.5, 0.6) is 5.75 Å². The Balaban J connectivity index is 1.50. The summed E-state index contributed by atoms with van der Waals surface area (Å²) in [6.45, 7) is 5.21. The molecule has 0 saturated heterocycles. The second kappa shape index (κ2) is 9.27. The molecule has 0 atom stereocenters. The molecule has 1 N–H and O–H groups in total. The Labute approximate surface area is 197 Å².